The first kappa shape index (κ1) is 26.4. The molecule has 0 rings (SSSR count). The van der Waals surface area contributed by atoms with E-state index in [1.165, 1.54) is 89.9 Å². The third-order valence-corrected chi connectivity index (χ3v) is 5.35. The summed E-state index contributed by atoms with van der Waals surface area (Å²) in [5.41, 5.74) is 0. The number of aliphatic hydroxyl groups is 1. The van der Waals surface area contributed by atoms with Gasteiger partial charge in [-0.15, -0.1) is 0 Å². The van der Waals surface area contributed by atoms with E-state index in [9.17, 15) is 9.90 Å². The molecule has 3 nitrogen and oxygen atoms in total. The van der Waals surface area contributed by atoms with Crippen LogP contribution in [0.25, 0.3) is 0 Å². The number of ether oxygens (including phenoxy) is 1. The van der Waals surface area contributed by atoms with Crippen molar-refractivity contribution in [2.75, 3.05) is 6.61 Å². The van der Waals surface area contributed by atoms with E-state index in [1.54, 1.807) is 0 Å². The average Bonchev–Trinajstić information content (AvgIpc) is 2.67. The molecule has 0 aromatic carbocycles. The van der Waals surface area contributed by atoms with Crippen molar-refractivity contribution in [3.63, 3.8) is 0 Å². The molecule has 0 saturated heterocycles. The lowest BCUT2D eigenvalue weighted by Gasteiger charge is -2.10. The number of aliphatic hydroxyl groups excluding tert-OH is 1. The standard InChI is InChI=1S/C24H48O3/c1-3-5-7-9-11-12-13-14-15-16-17-19-21-23(25)24(26)27-22-20-18-10-8-6-4-2/h23,25H,3-22H2,1-2H3. The Kier molecular flexibility index (Phi) is 21.3. The minimum absolute atomic E-state index is 0.424. The first-order valence-corrected chi connectivity index (χ1v) is 12.1. The summed E-state index contributed by atoms with van der Waals surface area (Å²) in [6.07, 6.45) is 22.2. The Balaban J connectivity index is 3.30. The molecule has 3 heteroatoms. The fraction of sp³-hybridized carbons (Fsp3) is 0.958. The number of rotatable bonds is 21. The highest BCUT2D eigenvalue weighted by molar-refractivity contribution is 5.74. The average molecular weight is 385 g/mol. The van der Waals surface area contributed by atoms with Crippen LogP contribution in [-0.2, 0) is 9.53 Å². The maximum Gasteiger partial charge on any atom is 0.334 e. The van der Waals surface area contributed by atoms with Gasteiger partial charge in [0.05, 0.1) is 6.61 Å². The van der Waals surface area contributed by atoms with Gasteiger partial charge < -0.3 is 9.84 Å². The van der Waals surface area contributed by atoms with Crippen LogP contribution in [0.3, 0.4) is 0 Å². The molecule has 0 aliphatic carbocycles. The Hall–Kier alpha value is -0.570. The third kappa shape index (κ3) is 20.0. The van der Waals surface area contributed by atoms with Gasteiger partial charge in [0.1, 0.15) is 0 Å². The molecular weight excluding hydrogens is 336 g/mol. The number of hydrogen-bond acceptors (Lipinski definition) is 3. The van der Waals surface area contributed by atoms with Crippen molar-refractivity contribution < 1.29 is 14.6 Å². The molecule has 0 spiro atoms. The quantitative estimate of drug-likeness (QED) is 0.166. The molecule has 0 aromatic rings. The van der Waals surface area contributed by atoms with Crippen LogP contribution in [0.4, 0.5) is 0 Å². The van der Waals surface area contributed by atoms with Gasteiger partial charge in [-0.25, -0.2) is 4.79 Å². The van der Waals surface area contributed by atoms with E-state index in [1.807, 2.05) is 0 Å². The second-order valence-corrected chi connectivity index (χ2v) is 8.13. The monoisotopic (exact) mass is 384 g/mol. The summed E-state index contributed by atoms with van der Waals surface area (Å²) in [7, 11) is 0. The number of unbranched alkanes of at least 4 members (excludes halogenated alkanes) is 16. The number of esters is 1. The summed E-state index contributed by atoms with van der Waals surface area (Å²) >= 11 is 0. The van der Waals surface area contributed by atoms with Gasteiger partial charge in [-0.3, -0.25) is 0 Å². The Bertz CT molecular complexity index is 304. The molecule has 0 fully saturated rings. The molecule has 0 aliphatic heterocycles. The molecule has 0 aromatic heterocycles. The lowest BCUT2D eigenvalue weighted by molar-refractivity contribution is -0.154. The molecular formula is C24H48O3. The lowest BCUT2D eigenvalue weighted by atomic mass is 10.0. The highest BCUT2D eigenvalue weighted by Crippen LogP contribution is 2.13. The van der Waals surface area contributed by atoms with Gasteiger partial charge in [-0.05, 0) is 12.8 Å². The summed E-state index contributed by atoms with van der Waals surface area (Å²) in [5.74, 6) is -0.424. The zero-order chi connectivity index (χ0) is 20.0. The fourth-order valence-electron chi connectivity index (χ4n) is 3.45. The molecule has 0 saturated carbocycles. The van der Waals surface area contributed by atoms with Gasteiger partial charge in [0.2, 0.25) is 0 Å². The SMILES string of the molecule is CCCCCCCCCCCCCCC(O)C(=O)OCCCCCCCC. The highest BCUT2D eigenvalue weighted by Gasteiger charge is 2.15. The van der Waals surface area contributed by atoms with Crippen LogP contribution in [-0.4, -0.2) is 23.8 Å². The molecule has 1 N–H and O–H groups in total. The summed E-state index contributed by atoms with van der Waals surface area (Å²) in [5, 5.41) is 9.88. The Labute approximate surface area is 169 Å². The first-order valence-electron chi connectivity index (χ1n) is 12.1. The summed E-state index contributed by atoms with van der Waals surface area (Å²) in [6, 6.07) is 0. The van der Waals surface area contributed by atoms with E-state index in [4.69, 9.17) is 4.74 Å². The van der Waals surface area contributed by atoms with E-state index in [0.29, 0.717) is 13.0 Å². The second kappa shape index (κ2) is 21.7. The van der Waals surface area contributed by atoms with E-state index >= 15 is 0 Å². The minimum Gasteiger partial charge on any atom is -0.464 e. The lowest BCUT2D eigenvalue weighted by Crippen LogP contribution is -2.23. The van der Waals surface area contributed by atoms with E-state index < -0.39 is 12.1 Å². The van der Waals surface area contributed by atoms with Crippen molar-refractivity contribution in [2.24, 2.45) is 0 Å². The van der Waals surface area contributed by atoms with E-state index in [2.05, 4.69) is 13.8 Å². The molecule has 1 atom stereocenters. The Morgan fingerprint density at radius 1 is 0.630 bits per heavy atom. The molecule has 1 unspecified atom stereocenters. The maximum absolute atomic E-state index is 11.7. The molecule has 0 amide bonds. The first-order chi connectivity index (χ1) is 13.2. The topological polar surface area (TPSA) is 46.5 Å². The van der Waals surface area contributed by atoms with Gasteiger partial charge in [0.25, 0.3) is 0 Å². The molecule has 0 bridgehead atoms. The molecule has 0 aliphatic rings. The second-order valence-electron chi connectivity index (χ2n) is 8.13. The normalized spacial score (nSPS) is 12.3. The Morgan fingerprint density at radius 3 is 1.44 bits per heavy atom. The zero-order valence-corrected chi connectivity index (χ0v) is 18.5. The van der Waals surface area contributed by atoms with Crippen molar-refractivity contribution in [1.29, 1.82) is 0 Å². The van der Waals surface area contributed by atoms with Crippen molar-refractivity contribution in [3.05, 3.63) is 0 Å². The predicted octanol–water partition coefficient (Wildman–Crippen LogP) is 7.34. The van der Waals surface area contributed by atoms with Gasteiger partial charge in [-0.1, -0.05) is 123 Å². The number of carbonyl (C=O) groups is 1. The number of carbonyl (C=O) groups excluding carboxylic acids is 1. The predicted molar refractivity (Wildman–Crippen MR) is 116 cm³/mol. The van der Waals surface area contributed by atoms with Crippen LogP contribution in [0.2, 0.25) is 0 Å². The molecule has 27 heavy (non-hydrogen) atoms. The van der Waals surface area contributed by atoms with Gasteiger partial charge in [0.15, 0.2) is 6.10 Å². The third-order valence-electron chi connectivity index (χ3n) is 5.35. The summed E-state index contributed by atoms with van der Waals surface area (Å²) < 4.78 is 5.18. The Morgan fingerprint density at radius 2 is 1.00 bits per heavy atom. The van der Waals surface area contributed by atoms with Crippen molar-refractivity contribution >= 4 is 5.97 Å². The summed E-state index contributed by atoms with van der Waals surface area (Å²) in [4.78, 5) is 11.7. The zero-order valence-electron chi connectivity index (χ0n) is 18.5. The van der Waals surface area contributed by atoms with E-state index in [-0.39, 0.29) is 0 Å². The molecule has 162 valence electrons. The van der Waals surface area contributed by atoms with Crippen molar-refractivity contribution in [3.8, 4) is 0 Å². The van der Waals surface area contributed by atoms with Crippen molar-refractivity contribution in [1.82, 2.24) is 0 Å². The van der Waals surface area contributed by atoms with E-state index in [0.717, 1.165) is 25.7 Å². The van der Waals surface area contributed by atoms with Crippen molar-refractivity contribution in [2.45, 2.75) is 142 Å². The number of hydrogen-bond donors (Lipinski definition) is 1. The van der Waals surface area contributed by atoms with Crippen LogP contribution in [0, 0.1) is 0 Å². The van der Waals surface area contributed by atoms with Crippen LogP contribution < -0.4 is 0 Å². The largest absolute Gasteiger partial charge is 0.464 e. The summed E-state index contributed by atoms with van der Waals surface area (Å²) in [6.45, 7) is 4.93. The van der Waals surface area contributed by atoms with Crippen LogP contribution >= 0.6 is 0 Å². The molecule has 0 radical (unpaired) electrons. The van der Waals surface area contributed by atoms with Crippen LogP contribution in [0.1, 0.15) is 136 Å². The maximum atomic E-state index is 11.7. The van der Waals surface area contributed by atoms with Gasteiger partial charge >= 0.3 is 5.97 Å². The van der Waals surface area contributed by atoms with Crippen LogP contribution in [0.15, 0.2) is 0 Å². The van der Waals surface area contributed by atoms with Gasteiger partial charge in [0, 0.05) is 0 Å². The smallest absolute Gasteiger partial charge is 0.334 e. The molecule has 0 heterocycles. The minimum atomic E-state index is -0.923. The highest BCUT2D eigenvalue weighted by atomic mass is 16.5. The van der Waals surface area contributed by atoms with Crippen LogP contribution in [0.5, 0.6) is 0 Å². The fourth-order valence-corrected chi connectivity index (χ4v) is 3.45. The van der Waals surface area contributed by atoms with Gasteiger partial charge in [-0.2, -0.15) is 0 Å².